The maximum absolute atomic E-state index is 12.6. The molecule has 2 aromatic carbocycles. The molecule has 1 fully saturated rings. The maximum Gasteiger partial charge on any atom is 0.335 e. The first-order valence-electron chi connectivity index (χ1n) is 8.08. The minimum absolute atomic E-state index is 0.0495. The number of likely N-dealkylation sites (tertiary alicyclic amines) is 1. The van der Waals surface area contributed by atoms with Gasteiger partial charge in [0.25, 0.3) is 5.91 Å². The summed E-state index contributed by atoms with van der Waals surface area (Å²) in [4.78, 5) is 25.4. The van der Waals surface area contributed by atoms with Crippen molar-refractivity contribution in [3.63, 3.8) is 0 Å². The zero-order valence-electron chi connectivity index (χ0n) is 13.3. The van der Waals surface area contributed by atoms with Gasteiger partial charge in [0.15, 0.2) is 0 Å². The zero-order valence-corrected chi connectivity index (χ0v) is 13.3. The Morgan fingerprint density at radius 1 is 1.00 bits per heavy atom. The van der Waals surface area contributed by atoms with E-state index in [1.807, 2.05) is 35.2 Å². The number of rotatable bonds is 4. The lowest BCUT2D eigenvalue weighted by Crippen LogP contribution is -2.45. The molecule has 1 atom stereocenters. The zero-order chi connectivity index (χ0) is 16.9. The predicted molar refractivity (Wildman–Crippen MR) is 92.4 cm³/mol. The predicted octanol–water partition coefficient (Wildman–Crippen LogP) is 3.10. The van der Waals surface area contributed by atoms with Crippen molar-refractivity contribution < 1.29 is 14.7 Å². The fourth-order valence-electron chi connectivity index (χ4n) is 2.99. The summed E-state index contributed by atoms with van der Waals surface area (Å²) in [5.41, 5.74) is 1.77. The van der Waals surface area contributed by atoms with Crippen molar-refractivity contribution in [2.24, 2.45) is 0 Å². The van der Waals surface area contributed by atoms with E-state index in [2.05, 4.69) is 5.32 Å². The van der Waals surface area contributed by atoms with Crippen LogP contribution in [0.5, 0.6) is 0 Å². The molecule has 5 heteroatoms. The van der Waals surface area contributed by atoms with Crippen LogP contribution in [0, 0.1) is 0 Å². The molecule has 1 amide bonds. The highest BCUT2D eigenvalue weighted by molar-refractivity contribution is 5.96. The molecule has 5 nitrogen and oxygen atoms in total. The van der Waals surface area contributed by atoms with Gasteiger partial charge in [-0.3, -0.25) is 4.79 Å². The number of carboxylic acids is 1. The third-order valence-corrected chi connectivity index (χ3v) is 4.23. The van der Waals surface area contributed by atoms with Crippen LogP contribution in [0.25, 0.3) is 0 Å². The molecule has 2 N–H and O–H groups in total. The van der Waals surface area contributed by atoms with E-state index < -0.39 is 5.97 Å². The lowest BCUT2D eigenvalue weighted by Gasteiger charge is -2.33. The van der Waals surface area contributed by atoms with Gasteiger partial charge < -0.3 is 15.3 Å². The van der Waals surface area contributed by atoms with E-state index in [1.54, 1.807) is 12.1 Å². The summed E-state index contributed by atoms with van der Waals surface area (Å²) in [5, 5.41) is 12.4. The average molecular weight is 324 g/mol. The minimum atomic E-state index is -0.987. The number of carboxylic acid groups (broad SMARTS) is 1. The van der Waals surface area contributed by atoms with Gasteiger partial charge in [0.1, 0.15) is 0 Å². The second kappa shape index (κ2) is 7.17. The molecule has 0 spiro atoms. The summed E-state index contributed by atoms with van der Waals surface area (Å²) < 4.78 is 0. The van der Waals surface area contributed by atoms with E-state index in [1.165, 1.54) is 12.1 Å². The minimum Gasteiger partial charge on any atom is -0.478 e. The van der Waals surface area contributed by atoms with Crippen LogP contribution in [0.4, 0.5) is 5.69 Å². The number of piperidine rings is 1. The SMILES string of the molecule is O=C(O)c1ccc(C(=O)N2CCCC(Nc3ccccc3)C2)cc1. The highest BCUT2D eigenvalue weighted by Crippen LogP contribution is 2.18. The van der Waals surface area contributed by atoms with Crippen LogP contribution in [0.3, 0.4) is 0 Å². The lowest BCUT2D eigenvalue weighted by atomic mass is 10.0. The summed E-state index contributed by atoms with van der Waals surface area (Å²) in [5.74, 6) is -1.04. The smallest absolute Gasteiger partial charge is 0.335 e. The van der Waals surface area contributed by atoms with Gasteiger partial charge in [0.05, 0.1) is 5.56 Å². The molecule has 1 heterocycles. The molecule has 0 saturated carbocycles. The summed E-state index contributed by atoms with van der Waals surface area (Å²) in [6, 6.07) is 16.3. The van der Waals surface area contributed by atoms with Crippen LogP contribution in [0.15, 0.2) is 54.6 Å². The third kappa shape index (κ3) is 3.74. The molecule has 124 valence electrons. The Bertz CT molecular complexity index is 713. The number of amides is 1. The number of aromatic carboxylic acids is 1. The van der Waals surface area contributed by atoms with E-state index in [-0.39, 0.29) is 17.5 Å². The molecule has 3 rings (SSSR count). The van der Waals surface area contributed by atoms with Crippen LogP contribution >= 0.6 is 0 Å². The number of carbonyl (C=O) groups excluding carboxylic acids is 1. The number of carbonyl (C=O) groups is 2. The summed E-state index contributed by atoms with van der Waals surface area (Å²) in [7, 11) is 0. The molecular formula is C19H20N2O3. The Labute approximate surface area is 140 Å². The number of hydrogen-bond acceptors (Lipinski definition) is 3. The highest BCUT2D eigenvalue weighted by atomic mass is 16.4. The molecule has 1 saturated heterocycles. The quantitative estimate of drug-likeness (QED) is 0.907. The third-order valence-electron chi connectivity index (χ3n) is 4.23. The molecular weight excluding hydrogens is 304 g/mol. The van der Waals surface area contributed by atoms with Gasteiger partial charge in [-0.1, -0.05) is 18.2 Å². The monoisotopic (exact) mass is 324 g/mol. The van der Waals surface area contributed by atoms with Gasteiger partial charge in [-0.2, -0.15) is 0 Å². The first-order valence-corrected chi connectivity index (χ1v) is 8.08. The molecule has 2 aromatic rings. The molecule has 1 aliphatic rings. The van der Waals surface area contributed by atoms with Crippen molar-refractivity contribution in [3.8, 4) is 0 Å². The summed E-state index contributed by atoms with van der Waals surface area (Å²) >= 11 is 0. The van der Waals surface area contributed by atoms with Crippen molar-refractivity contribution in [3.05, 3.63) is 65.7 Å². The van der Waals surface area contributed by atoms with Crippen molar-refractivity contribution in [2.45, 2.75) is 18.9 Å². The molecule has 0 aromatic heterocycles. The fourth-order valence-corrected chi connectivity index (χ4v) is 2.99. The number of benzene rings is 2. The van der Waals surface area contributed by atoms with E-state index in [9.17, 15) is 9.59 Å². The van der Waals surface area contributed by atoms with Crippen LogP contribution in [-0.4, -0.2) is 41.0 Å². The van der Waals surface area contributed by atoms with Crippen LogP contribution in [0.2, 0.25) is 0 Å². The first-order chi connectivity index (χ1) is 11.6. The molecule has 1 unspecified atom stereocenters. The van der Waals surface area contributed by atoms with E-state index >= 15 is 0 Å². The van der Waals surface area contributed by atoms with Crippen molar-refractivity contribution >= 4 is 17.6 Å². The van der Waals surface area contributed by atoms with Gasteiger partial charge in [0.2, 0.25) is 0 Å². The standard InChI is InChI=1S/C19H20N2O3/c22-18(14-8-10-15(11-9-14)19(23)24)21-12-4-7-17(13-21)20-16-5-2-1-3-6-16/h1-3,5-6,8-11,17,20H,4,7,12-13H2,(H,23,24). The average Bonchev–Trinajstić information content (AvgIpc) is 2.62. The molecule has 24 heavy (non-hydrogen) atoms. The highest BCUT2D eigenvalue weighted by Gasteiger charge is 2.24. The number of anilines is 1. The van der Waals surface area contributed by atoms with Crippen LogP contribution in [-0.2, 0) is 0 Å². The molecule has 0 radical (unpaired) electrons. The molecule has 0 bridgehead atoms. The van der Waals surface area contributed by atoms with Crippen LogP contribution < -0.4 is 5.32 Å². The molecule has 0 aliphatic carbocycles. The Morgan fingerprint density at radius 3 is 2.33 bits per heavy atom. The lowest BCUT2D eigenvalue weighted by molar-refractivity contribution is 0.0690. The van der Waals surface area contributed by atoms with Gasteiger partial charge in [0, 0.05) is 30.4 Å². The number of nitrogens with one attached hydrogen (secondary N) is 1. The number of hydrogen-bond donors (Lipinski definition) is 2. The number of nitrogens with zero attached hydrogens (tertiary/aromatic N) is 1. The Hall–Kier alpha value is -2.82. The Morgan fingerprint density at radius 2 is 1.67 bits per heavy atom. The fraction of sp³-hybridized carbons (Fsp3) is 0.263. The van der Waals surface area contributed by atoms with Gasteiger partial charge in [-0.25, -0.2) is 4.79 Å². The Kier molecular flexibility index (Phi) is 4.79. The van der Waals surface area contributed by atoms with E-state index in [0.717, 1.165) is 25.1 Å². The largest absolute Gasteiger partial charge is 0.478 e. The van der Waals surface area contributed by atoms with E-state index in [0.29, 0.717) is 12.1 Å². The normalized spacial score (nSPS) is 17.3. The summed E-state index contributed by atoms with van der Waals surface area (Å²) in [6.07, 6.45) is 1.97. The summed E-state index contributed by atoms with van der Waals surface area (Å²) in [6.45, 7) is 1.38. The topological polar surface area (TPSA) is 69.6 Å². The van der Waals surface area contributed by atoms with Crippen molar-refractivity contribution in [1.82, 2.24) is 4.90 Å². The van der Waals surface area contributed by atoms with Gasteiger partial charge in [-0.15, -0.1) is 0 Å². The van der Waals surface area contributed by atoms with Gasteiger partial charge in [-0.05, 0) is 49.2 Å². The van der Waals surface area contributed by atoms with Crippen molar-refractivity contribution in [1.29, 1.82) is 0 Å². The number of para-hydroxylation sites is 1. The first kappa shape index (κ1) is 16.1. The second-order valence-corrected chi connectivity index (χ2v) is 5.98. The van der Waals surface area contributed by atoms with E-state index in [4.69, 9.17) is 5.11 Å². The Balaban J connectivity index is 1.65. The van der Waals surface area contributed by atoms with Crippen LogP contribution in [0.1, 0.15) is 33.6 Å². The van der Waals surface area contributed by atoms with Crippen molar-refractivity contribution in [2.75, 3.05) is 18.4 Å². The second-order valence-electron chi connectivity index (χ2n) is 5.98. The molecule has 1 aliphatic heterocycles. The van der Waals surface area contributed by atoms with Gasteiger partial charge >= 0.3 is 5.97 Å². The maximum atomic E-state index is 12.6.